The van der Waals surface area contributed by atoms with Crippen LogP contribution in [-0.4, -0.2) is 21.6 Å². The fourth-order valence-corrected chi connectivity index (χ4v) is 8.85. The third-order valence-corrected chi connectivity index (χ3v) is 12.3. The van der Waals surface area contributed by atoms with Crippen LogP contribution in [0.25, 0.3) is 61.0 Å². The number of hydrogen-bond donors (Lipinski definition) is 0. The van der Waals surface area contributed by atoms with Crippen LogP contribution in [0.1, 0.15) is 102 Å². The Morgan fingerprint density at radius 2 is 1.34 bits per heavy atom. The van der Waals surface area contributed by atoms with Crippen molar-refractivity contribution in [2.24, 2.45) is 4.99 Å². The van der Waals surface area contributed by atoms with Crippen LogP contribution in [0.2, 0.25) is 0 Å². The number of nitrogens with zero attached hydrogens (tertiary/aromatic N) is 4. The molecule has 0 spiro atoms. The first-order valence-electron chi connectivity index (χ1n) is 20.7. The van der Waals surface area contributed by atoms with Gasteiger partial charge in [0.1, 0.15) is 23.9 Å². The van der Waals surface area contributed by atoms with Gasteiger partial charge in [-0.3, -0.25) is 9.56 Å². The summed E-state index contributed by atoms with van der Waals surface area (Å²) in [5, 5.41) is 2.35. The van der Waals surface area contributed by atoms with Crippen molar-refractivity contribution in [3.63, 3.8) is 0 Å². The van der Waals surface area contributed by atoms with E-state index in [1.807, 2.05) is 0 Å². The third kappa shape index (κ3) is 6.67. The van der Waals surface area contributed by atoms with Crippen molar-refractivity contribution >= 4 is 38.7 Å². The van der Waals surface area contributed by atoms with E-state index in [0.29, 0.717) is 5.90 Å². The molecule has 8 aromatic rings. The van der Waals surface area contributed by atoms with Crippen molar-refractivity contribution in [3.8, 4) is 28.2 Å². The number of imidazole rings is 1. The van der Waals surface area contributed by atoms with E-state index in [2.05, 4.69) is 188 Å². The Morgan fingerprint density at radius 1 is 0.661 bits per heavy atom. The minimum absolute atomic E-state index is 0. The molecular formula is C53H50N4OPt. The minimum atomic E-state index is -0.106. The zero-order valence-electron chi connectivity index (χ0n) is 35.3. The molecule has 0 unspecified atom stereocenters. The van der Waals surface area contributed by atoms with Gasteiger partial charge >= 0.3 is 21.1 Å². The van der Waals surface area contributed by atoms with Gasteiger partial charge in [0.05, 0.1) is 11.0 Å². The average Bonchev–Trinajstić information content (AvgIpc) is 3.96. The number of aromatic nitrogens is 3. The quantitative estimate of drug-likeness (QED) is 0.165. The Hall–Kier alpha value is -5.25. The molecule has 2 aliphatic rings. The number of hydrogen-bond acceptors (Lipinski definition) is 3. The zero-order valence-corrected chi connectivity index (χ0v) is 37.6. The molecule has 6 aromatic carbocycles. The van der Waals surface area contributed by atoms with Gasteiger partial charge in [0.2, 0.25) is 0 Å². The van der Waals surface area contributed by atoms with Crippen LogP contribution in [0, 0.1) is 6.07 Å². The van der Waals surface area contributed by atoms with Crippen molar-refractivity contribution < 1.29 is 25.8 Å². The molecule has 1 aliphatic carbocycles. The van der Waals surface area contributed by atoms with Crippen molar-refractivity contribution in [2.75, 3.05) is 0 Å². The van der Waals surface area contributed by atoms with E-state index in [4.69, 9.17) is 19.7 Å². The van der Waals surface area contributed by atoms with E-state index >= 15 is 0 Å². The summed E-state index contributed by atoms with van der Waals surface area (Å²) in [5.74, 6) is 1.53. The second-order valence-corrected chi connectivity index (χ2v) is 19.4. The van der Waals surface area contributed by atoms with E-state index in [-0.39, 0.29) is 49.5 Å². The monoisotopic (exact) mass is 953 g/mol. The second-order valence-electron chi connectivity index (χ2n) is 19.4. The van der Waals surface area contributed by atoms with Crippen molar-refractivity contribution in [1.82, 2.24) is 14.5 Å². The van der Waals surface area contributed by atoms with E-state index in [1.54, 1.807) is 0 Å². The molecule has 2 atom stereocenters. The third-order valence-electron chi connectivity index (χ3n) is 12.3. The largest absolute Gasteiger partial charge is 2.00 e. The molecule has 3 heterocycles. The summed E-state index contributed by atoms with van der Waals surface area (Å²) in [5.41, 5.74) is 15.2. The number of aliphatic imine (C=N–C) groups is 1. The Kier molecular flexibility index (Phi) is 9.25. The van der Waals surface area contributed by atoms with Crippen LogP contribution in [0.5, 0.6) is 0 Å². The molecular weight excluding hydrogens is 904 g/mol. The summed E-state index contributed by atoms with van der Waals surface area (Å²) < 4.78 is 8.86. The predicted octanol–water partition coefficient (Wildman–Crippen LogP) is 12.8. The van der Waals surface area contributed by atoms with E-state index < -0.39 is 0 Å². The zero-order chi connectivity index (χ0) is 40.3. The summed E-state index contributed by atoms with van der Waals surface area (Å²) >= 11 is 0. The van der Waals surface area contributed by atoms with Crippen molar-refractivity contribution in [2.45, 2.75) is 97.1 Å². The fourth-order valence-electron chi connectivity index (χ4n) is 8.85. The first-order chi connectivity index (χ1) is 27.6. The molecule has 1 aliphatic heterocycles. The maximum absolute atomic E-state index is 6.53. The van der Waals surface area contributed by atoms with E-state index in [9.17, 15) is 0 Å². The summed E-state index contributed by atoms with van der Waals surface area (Å²) in [6, 6.07) is 45.5. The number of benzene rings is 6. The molecule has 2 aromatic heterocycles. The average molecular weight is 954 g/mol. The summed E-state index contributed by atoms with van der Waals surface area (Å²) in [6.07, 6.45) is 0.900. The fraction of sp³-hybridized carbons (Fsp3) is 0.283. The Bertz CT molecular complexity index is 2960. The van der Waals surface area contributed by atoms with Crippen LogP contribution in [0.15, 0.2) is 120 Å². The van der Waals surface area contributed by atoms with Crippen LogP contribution < -0.4 is 4.98 Å². The van der Waals surface area contributed by atoms with Gasteiger partial charge in [0.25, 0.3) is 0 Å². The molecule has 0 saturated heterocycles. The molecule has 0 amide bonds. The second kappa shape index (κ2) is 13.9. The summed E-state index contributed by atoms with van der Waals surface area (Å²) in [4.78, 5) is 16.1. The van der Waals surface area contributed by atoms with Gasteiger partial charge in [-0.15, -0.1) is 40.9 Å². The molecule has 0 fully saturated rings. The van der Waals surface area contributed by atoms with Gasteiger partial charge in [-0.25, -0.2) is 4.98 Å². The van der Waals surface area contributed by atoms with Crippen molar-refractivity contribution in [3.05, 3.63) is 155 Å². The topological polar surface area (TPSA) is 53.5 Å². The first-order valence-corrected chi connectivity index (χ1v) is 20.7. The molecule has 0 N–H and O–H groups in total. The number of fused-ring (bicyclic) bond motifs is 7. The Balaban J connectivity index is 0.00000449. The van der Waals surface area contributed by atoms with Crippen LogP contribution >= 0.6 is 0 Å². The number of para-hydroxylation sites is 1. The maximum Gasteiger partial charge on any atom is 2.00 e. The smallest absolute Gasteiger partial charge is 0.656 e. The van der Waals surface area contributed by atoms with Gasteiger partial charge in [-0.1, -0.05) is 146 Å². The van der Waals surface area contributed by atoms with Gasteiger partial charge in [0.15, 0.2) is 0 Å². The molecule has 0 bridgehead atoms. The molecule has 6 heteroatoms. The predicted molar refractivity (Wildman–Crippen MR) is 240 cm³/mol. The minimum Gasteiger partial charge on any atom is -0.656 e. The molecule has 0 radical (unpaired) electrons. The number of ether oxygens (including phenoxy) is 1. The standard InChI is InChI=1S/C53H50N4O.Pt/c1-51(2,3)34-20-23-37(24-21-34)57-44-19-13-18-38(31-15-12-16-33(26-31)50-56-48-39-17-11-10-14-32(39)27-45(48)58-50)47(44)55-49(57)42-30-36(53(7,8)9)29-41-40-28-35(52(4,5)6)22-25-43(40)54-46(41)42;/h10-25,28-30,45,48H,27H2,1-9H3;/q-2;+2/t45-,48+;/m0./s1. The summed E-state index contributed by atoms with van der Waals surface area (Å²) in [7, 11) is 0. The van der Waals surface area contributed by atoms with Gasteiger partial charge in [-0.2, -0.15) is 0 Å². The maximum atomic E-state index is 6.53. The van der Waals surface area contributed by atoms with Gasteiger partial charge < -0.3 is 9.72 Å². The molecule has 10 rings (SSSR count). The Labute approximate surface area is 362 Å². The van der Waals surface area contributed by atoms with E-state index in [0.717, 1.165) is 67.6 Å². The SMILES string of the molecule is CC(C)(C)c1ccc(-n2c(-c3cc(C(C)(C)C)cc4c3[n-]c3ccc(C(C)(C)C)cc34)nc3c(-c4[c-]c(C5=N[C@@H]6c7ccccc7C[C@@H]6O5)ccc4)cccc32)cc1.[Pt+2]. The van der Waals surface area contributed by atoms with Gasteiger partial charge in [0, 0.05) is 17.7 Å². The van der Waals surface area contributed by atoms with Crippen LogP contribution in [0.3, 0.4) is 0 Å². The first kappa shape index (κ1) is 39.2. The van der Waals surface area contributed by atoms with Crippen LogP contribution in [0.4, 0.5) is 0 Å². The number of rotatable bonds is 4. The molecule has 0 saturated carbocycles. The summed E-state index contributed by atoms with van der Waals surface area (Å²) in [6.45, 7) is 20.5. The van der Waals surface area contributed by atoms with Crippen LogP contribution in [-0.2, 0) is 48.5 Å². The molecule has 5 nitrogen and oxygen atoms in total. The van der Waals surface area contributed by atoms with Crippen molar-refractivity contribution in [1.29, 1.82) is 0 Å². The molecule has 298 valence electrons. The van der Waals surface area contributed by atoms with Gasteiger partial charge in [-0.05, 0) is 79.1 Å². The molecule has 59 heavy (non-hydrogen) atoms. The normalized spacial score (nSPS) is 16.6. The van der Waals surface area contributed by atoms with E-state index in [1.165, 1.54) is 33.2 Å². The Morgan fingerprint density at radius 3 is 2.08 bits per heavy atom.